The maximum Gasteiger partial charge on any atom is 0.295 e. The van der Waals surface area contributed by atoms with Crippen LogP contribution < -0.4 is 25.2 Å². The van der Waals surface area contributed by atoms with Crippen molar-refractivity contribution in [1.82, 2.24) is 19.9 Å². The lowest BCUT2D eigenvalue weighted by molar-refractivity contribution is -0.122. The molecule has 0 spiro atoms. The number of anilines is 1. The summed E-state index contributed by atoms with van der Waals surface area (Å²) in [7, 11) is 2.95. The van der Waals surface area contributed by atoms with E-state index in [1.54, 1.807) is 18.2 Å². The number of aromatic nitrogens is 3. The first-order valence-electron chi connectivity index (χ1n) is 12.4. The van der Waals surface area contributed by atoms with E-state index in [2.05, 4.69) is 15.3 Å². The van der Waals surface area contributed by atoms with Crippen molar-refractivity contribution in [2.45, 2.75) is 38.4 Å². The fraction of sp³-hybridized carbons (Fsp3) is 0.333. The van der Waals surface area contributed by atoms with Crippen LogP contribution in [0.25, 0.3) is 10.3 Å². The fourth-order valence-corrected chi connectivity index (χ4v) is 5.69. The third kappa shape index (κ3) is 5.42. The second-order valence-corrected chi connectivity index (χ2v) is 10.0. The van der Waals surface area contributed by atoms with E-state index >= 15 is 0 Å². The smallest absolute Gasteiger partial charge is 0.295 e. The van der Waals surface area contributed by atoms with Crippen LogP contribution >= 0.6 is 11.3 Å². The number of alkyl halides is 2. The Bertz CT molecular complexity index is 1540. The van der Waals surface area contributed by atoms with Crippen molar-refractivity contribution >= 4 is 32.7 Å². The number of carbonyl (C=O) groups excluding carboxylic acids is 1. The number of amides is 1. The van der Waals surface area contributed by atoms with E-state index in [-0.39, 0.29) is 22.8 Å². The minimum Gasteiger partial charge on any atom is -0.497 e. The lowest BCUT2D eigenvalue weighted by atomic mass is 10.2. The second-order valence-electron chi connectivity index (χ2n) is 9.04. The number of halogens is 2. The number of ether oxygens (including phenoxy) is 2. The molecule has 204 valence electrons. The Morgan fingerprint density at radius 3 is 2.67 bits per heavy atom. The minimum atomic E-state index is -2.99. The summed E-state index contributed by atoms with van der Waals surface area (Å²) in [5.41, 5.74) is 0.795. The summed E-state index contributed by atoms with van der Waals surface area (Å²) in [4.78, 5) is 37.0. The fourth-order valence-electron chi connectivity index (χ4n) is 4.68. The quantitative estimate of drug-likeness (QED) is 0.332. The number of methoxy groups -OCH3 is 2. The Hall–Kier alpha value is -4.06. The first-order valence-corrected chi connectivity index (χ1v) is 13.2. The van der Waals surface area contributed by atoms with Gasteiger partial charge in [0.1, 0.15) is 17.5 Å². The highest BCUT2D eigenvalue weighted by Gasteiger charge is 2.33. The molecule has 1 aliphatic heterocycles. The SMILES string of the molecule is COc1ccc(Cn2c(C(F)F)nc3sc(N4CCC[C@@H]4C(=O)NCc4ccccc4)nc3c2=O)c(OC)c1. The standard InChI is InChI=1S/C27H27F2N5O4S/c1-37-18-11-10-17(20(13-18)38-2)15-34-23(22(28)29)32-25-21(26(34)36)31-27(39-25)33-12-6-9-19(33)24(35)30-14-16-7-4-3-5-8-16/h3-5,7-8,10-11,13,19,22H,6,9,12,14-15H2,1-2H3,(H,30,35)/t19-/m1/s1. The lowest BCUT2D eigenvalue weighted by Gasteiger charge is -2.23. The van der Waals surface area contributed by atoms with Crippen molar-refractivity contribution in [3.8, 4) is 11.5 Å². The third-order valence-electron chi connectivity index (χ3n) is 6.67. The molecule has 1 saturated heterocycles. The average molecular weight is 556 g/mol. The Morgan fingerprint density at radius 2 is 1.95 bits per heavy atom. The maximum atomic E-state index is 14.1. The molecule has 0 saturated carbocycles. The van der Waals surface area contributed by atoms with Gasteiger partial charge in [-0.3, -0.25) is 14.2 Å². The average Bonchev–Trinajstić information content (AvgIpc) is 3.61. The molecule has 9 nitrogen and oxygen atoms in total. The van der Waals surface area contributed by atoms with Crippen molar-refractivity contribution < 1.29 is 23.0 Å². The topological polar surface area (TPSA) is 98.6 Å². The van der Waals surface area contributed by atoms with Crippen LogP contribution in [-0.2, 0) is 17.9 Å². The van der Waals surface area contributed by atoms with Crippen LogP contribution in [0, 0.1) is 0 Å². The zero-order valence-corrected chi connectivity index (χ0v) is 22.2. The number of hydrogen-bond acceptors (Lipinski definition) is 8. The van der Waals surface area contributed by atoms with Gasteiger partial charge >= 0.3 is 0 Å². The van der Waals surface area contributed by atoms with Crippen molar-refractivity contribution in [2.24, 2.45) is 0 Å². The highest BCUT2D eigenvalue weighted by Crippen LogP contribution is 2.33. The van der Waals surface area contributed by atoms with E-state index in [1.165, 1.54) is 14.2 Å². The zero-order valence-electron chi connectivity index (χ0n) is 21.4. The predicted molar refractivity (Wildman–Crippen MR) is 144 cm³/mol. The highest BCUT2D eigenvalue weighted by molar-refractivity contribution is 7.21. The molecule has 5 rings (SSSR count). The molecular formula is C27H27F2N5O4S. The summed E-state index contributed by atoms with van der Waals surface area (Å²) in [5, 5.41) is 3.37. The molecule has 2 aromatic carbocycles. The molecule has 0 unspecified atom stereocenters. The molecular weight excluding hydrogens is 528 g/mol. The molecule has 0 aliphatic carbocycles. The zero-order chi connectivity index (χ0) is 27.5. The van der Waals surface area contributed by atoms with E-state index in [4.69, 9.17) is 9.47 Å². The van der Waals surface area contributed by atoms with Gasteiger partial charge in [0.05, 0.1) is 20.8 Å². The summed E-state index contributed by atoms with van der Waals surface area (Å²) in [6.45, 7) is 0.764. The molecule has 0 radical (unpaired) electrons. The molecule has 12 heteroatoms. The molecule has 39 heavy (non-hydrogen) atoms. The molecule has 1 amide bonds. The van der Waals surface area contributed by atoms with Gasteiger partial charge in [0.2, 0.25) is 5.91 Å². The van der Waals surface area contributed by atoms with Crippen LogP contribution in [0.1, 0.15) is 36.2 Å². The summed E-state index contributed by atoms with van der Waals surface area (Å²) < 4.78 is 39.7. The van der Waals surface area contributed by atoms with Gasteiger partial charge in [-0.15, -0.1) is 0 Å². The normalized spacial score (nSPS) is 15.2. The predicted octanol–water partition coefficient (Wildman–Crippen LogP) is 4.14. The van der Waals surface area contributed by atoms with Crippen molar-refractivity contribution in [3.63, 3.8) is 0 Å². The number of nitrogens with one attached hydrogen (secondary N) is 1. The number of hydrogen-bond donors (Lipinski definition) is 1. The van der Waals surface area contributed by atoms with Gasteiger partial charge in [0.25, 0.3) is 12.0 Å². The lowest BCUT2D eigenvalue weighted by Crippen LogP contribution is -2.43. The van der Waals surface area contributed by atoms with Crippen molar-refractivity contribution in [1.29, 1.82) is 0 Å². The Balaban J connectivity index is 1.45. The van der Waals surface area contributed by atoms with E-state index in [1.807, 2.05) is 35.2 Å². The molecule has 3 heterocycles. The second kappa shape index (κ2) is 11.4. The molecule has 1 aliphatic rings. The first-order chi connectivity index (χ1) is 18.9. The number of fused-ring (bicyclic) bond motifs is 1. The van der Waals surface area contributed by atoms with E-state index in [0.29, 0.717) is 41.7 Å². The van der Waals surface area contributed by atoms with Gasteiger partial charge in [-0.05, 0) is 30.5 Å². The van der Waals surface area contributed by atoms with Crippen LogP contribution in [0.3, 0.4) is 0 Å². The monoisotopic (exact) mass is 555 g/mol. The minimum absolute atomic E-state index is 0.0118. The summed E-state index contributed by atoms with van der Waals surface area (Å²) in [6, 6.07) is 14.0. The van der Waals surface area contributed by atoms with Gasteiger partial charge in [-0.25, -0.2) is 18.7 Å². The Kier molecular flexibility index (Phi) is 7.73. The maximum absolute atomic E-state index is 14.1. The van der Waals surface area contributed by atoms with Gasteiger partial charge in [-0.2, -0.15) is 0 Å². The third-order valence-corrected chi connectivity index (χ3v) is 7.65. The summed E-state index contributed by atoms with van der Waals surface area (Å²) in [6.07, 6.45) is -1.61. The molecule has 4 aromatic rings. The van der Waals surface area contributed by atoms with Crippen LogP contribution in [0.5, 0.6) is 11.5 Å². The van der Waals surface area contributed by atoms with E-state index in [0.717, 1.165) is 27.9 Å². The van der Waals surface area contributed by atoms with Crippen molar-refractivity contribution in [3.05, 3.63) is 75.8 Å². The Labute approximate surface area is 227 Å². The number of carbonyl (C=O) groups is 1. The summed E-state index contributed by atoms with van der Waals surface area (Å²) in [5.74, 6) is 0.115. The van der Waals surface area contributed by atoms with Crippen LogP contribution in [0.15, 0.2) is 53.3 Å². The molecule has 1 fully saturated rings. The molecule has 0 bridgehead atoms. The van der Waals surface area contributed by atoms with Crippen molar-refractivity contribution in [2.75, 3.05) is 25.7 Å². The first kappa shape index (κ1) is 26.5. The van der Waals surface area contributed by atoms with Gasteiger partial charge in [0.15, 0.2) is 21.3 Å². The van der Waals surface area contributed by atoms with Crippen LogP contribution in [-0.4, -0.2) is 47.2 Å². The number of thiazole rings is 1. The van der Waals surface area contributed by atoms with Crippen LogP contribution in [0.4, 0.5) is 13.9 Å². The molecule has 2 aromatic heterocycles. The number of benzene rings is 2. The highest BCUT2D eigenvalue weighted by atomic mass is 32.1. The van der Waals surface area contributed by atoms with Crippen LogP contribution in [0.2, 0.25) is 0 Å². The van der Waals surface area contributed by atoms with E-state index in [9.17, 15) is 18.4 Å². The number of nitrogens with zero attached hydrogens (tertiary/aromatic N) is 4. The summed E-state index contributed by atoms with van der Waals surface area (Å²) >= 11 is 1.04. The molecule has 1 N–H and O–H groups in total. The molecule has 1 atom stereocenters. The Morgan fingerprint density at radius 1 is 1.15 bits per heavy atom. The number of rotatable bonds is 9. The van der Waals surface area contributed by atoms with E-state index < -0.39 is 23.9 Å². The largest absolute Gasteiger partial charge is 0.497 e. The van der Waals surface area contributed by atoms with Gasteiger partial charge < -0.3 is 19.7 Å². The van der Waals surface area contributed by atoms with Gasteiger partial charge in [-0.1, -0.05) is 41.7 Å². The van der Waals surface area contributed by atoms with Gasteiger partial charge in [0, 0.05) is 24.7 Å².